The van der Waals surface area contributed by atoms with Gasteiger partial charge in [-0.1, -0.05) is 35.9 Å². The van der Waals surface area contributed by atoms with Gasteiger partial charge in [-0.25, -0.2) is 4.79 Å². The number of rotatable bonds is 7. The lowest BCUT2D eigenvalue weighted by molar-refractivity contribution is 0.171. The van der Waals surface area contributed by atoms with E-state index >= 15 is 0 Å². The molecule has 0 aromatic heterocycles. The fourth-order valence-corrected chi connectivity index (χ4v) is 2.77. The van der Waals surface area contributed by atoms with Crippen LogP contribution in [0.2, 0.25) is 0 Å². The van der Waals surface area contributed by atoms with Crippen LogP contribution in [0.1, 0.15) is 17.2 Å². The molecule has 6 nitrogen and oxygen atoms in total. The van der Waals surface area contributed by atoms with Crippen LogP contribution in [0.4, 0.5) is 10.5 Å². The lowest BCUT2D eigenvalue weighted by Crippen LogP contribution is -2.32. The van der Waals surface area contributed by atoms with E-state index in [9.17, 15) is 9.90 Å². The number of aliphatic hydroxyl groups excluding tert-OH is 1. The molecule has 0 spiro atoms. The minimum absolute atomic E-state index is 0.0564. The zero-order valence-electron chi connectivity index (χ0n) is 16.4. The maximum atomic E-state index is 12.1. The molecule has 0 aliphatic heterocycles. The van der Waals surface area contributed by atoms with E-state index < -0.39 is 12.1 Å². The summed E-state index contributed by atoms with van der Waals surface area (Å²) in [6, 6.07) is 21.6. The second-order valence-corrected chi connectivity index (χ2v) is 6.53. The molecule has 150 valence electrons. The Morgan fingerprint density at radius 3 is 2.24 bits per heavy atom. The standard InChI is InChI=1S/C23H24N2O4/c1-16-7-11-18(12-8-16)29-19-13-9-17(10-14-19)25-23(27)24-15-21(26)20-5-3-4-6-22(20)28-2/h3-14,21,26H,15H2,1-2H3,(H2,24,25,27). The molecule has 0 radical (unpaired) electrons. The van der Waals surface area contributed by atoms with Crippen LogP contribution in [-0.4, -0.2) is 24.8 Å². The van der Waals surface area contributed by atoms with Gasteiger partial charge < -0.3 is 25.2 Å². The van der Waals surface area contributed by atoms with E-state index in [2.05, 4.69) is 10.6 Å². The van der Waals surface area contributed by atoms with Crippen molar-refractivity contribution in [3.05, 3.63) is 83.9 Å². The zero-order valence-corrected chi connectivity index (χ0v) is 16.4. The number of hydrogen-bond donors (Lipinski definition) is 3. The van der Waals surface area contributed by atoms with Crippen molar-refractivity contribution in [3.63, 3.8) is 0 Å². The Balaban J connectivity index is 1.50. The fraction of sp³-hybridized carbons (Fsp3) is 0.174. The molecule has 2 amide bonds. The van der Waals surface area contributed by atoms with Crippen molar-refractivity contribution in [2.75, 3.05) is 19.0 Å². The first-order valence-electron chi connectivity index (χ1n) is 9.25. The van der Waals surface area contributed by atoms with Crippen LogP contribution in [0.15, 0.2) is 72.8 Å². The molecule has 1 unspecified atom stereocenters. The fourth-order valence-electron chi connectivity index (χ4n) is 2.77. The van der Waals surface area contributed by atoms with Gasteiger partial charge >= 0.3 is 6.03 Å². The molecule has 0 aliphatic carbocycles. The van der Waals surface area contributed by atoms with Gasteiger partial charge in [0.1, 0.15) is 17.2 Å². The number of urea groups is 1. The largest absolute Gasteiger partial charge is 0.496 e. The minimum Gasteiger partial charge on any atom is -0.496 e. The number of ether oxygens (including phenoxy) is 2. The third kappa shape index (κ3) is 5.73. The van der Waals surface area contributed by atoms with Crippen molar-refractivity contribution >= 4 is 11.7 Å². The summed E-state index contributed by atoms with van der Waals surface area (Å²) in [5, 5.41) is 15.7. The van der Waals surface area contributed by atoms with Crippen molar-refractivity contribution in [2.24, 2.45) is 0 Å². The summed E-state index contributed by atoms with van der Waals surface area (Å²) in [7, 11) is 1.54. The second kappa shape index (κ2) is 9.61. The van der Waals surface area contributed by atoms with E-state index in [1.54, 1.807) is 42.5 Å². The summed E-state index contributed by atoms with van der Waals surface area (Å²) in [5.41, 5.74) is 2.40. The van der Waals surface area contributed by atoms with Crippen LogP contribution in [-0.2, 0) is 0 Å². The van der Waals surface area contributed by atoms with Crippen molar-refractivity contribution < 1.29 is 19.4 Å². The maximum absolute atomic E-state index is 12.1. The highest BCUT2D eigenvalue weighted by atomic mass is 16.5. The molecule has 3 aromatic carbocycles. The van der Waals surface area contributed by atoms with Gasteiger partial charge in [0.05, 0.1) is 13.2 Å². The average Bonchev–Trinajstić information content (AvgIpc) is 2.75. The van der Waals surface area contributed by atoms with E-state index in [1.807, 2.05) is 37.3 Å². The Bertz CT molecular complexity index is 940. The molecule has 6 heteroatoms. The Kier molecular flexibility index (Phi) is 6.71. The van der Waals surface area contributed by atoms with Gasteiger partial charge in [-0.3, -0.25) is 0 Å². The molecule has 0 heterocycles. The summed E-state index contributed by atoms with van der Waals surface area (Å²) in [4.78, 5) is 12.1. The number of para-hydroxylation sites is 1. The van der Waals surface area contributed by atoms with Crippen LogP contribution >= 0.6 is 0 Å². The number of nitrogens with one attached hydrogen (secondary N) is 2. The average molecular weight is 392 g/mol. The predicted octanol–water partition coefficient (Wildman–Crippen LogP) is 4.65. The van der Waals surface area contributed by atoms with Crippen molar-refractivity contribution in [1.82, 2.24) is 5.32 Å². The van der Waals surface area contributed by atoms with Gasteiger partial charge in [0.2, 0.25) is 0 Å². The van der Waals surface area contributed by atoms with Gasteiger partial charge in [-0.05, 0) is 49.4 Å². The van der Waals surface area contributed by atoms with Gasteiger partial charge in [0, 0.05) is 17.8 Å². The molecule has 3 rings (SSSR count). The van der Waals surface area contributed by atoms with Gasteiger partial charge in [-0.2, -0.15) is 0 Å². The number of carbonyl (C=O) groups is 1. The number of carbonyl (C=O) groups excluding carboxylic acids is 1. The highest BCUT2D eigenvalue weighted by Crippen LogP contribution is 2.25. The Morgan fingerprint density at radius 1 is 0.966 bits per heavy atom. The molecular formula is C23H24N2O4. The number of hydrogen-bond acceptors (Lipinski definition) is 4. The van der Waals surface area contributed by atoms with Crippen molar-refractivity contribution in [3.8, 4) is 17.2 Å². The van der Waals surface area contributed by atoms with Crippen LogP contribution in [0, 0.1) is 6.92 Å². The summed E-state index contributed by atoms with van der Waals surface area (Å²) >= 11 is 0. The Morgan fingerprint density at radius 2 is 1.59 bits per heavy atom. The SMILES string of the molecule is COc1ccccc1C(O)CNC(=O)Nc1ccc(Oc2ccc(C)cc2)cc1. The number of aryl methyl sites for hydroxylation is 1. The number of anilines is 1. The summed E-state index contributed by atoms with van der Waals surface area (Å²) < 4.78 is 11.0. The third-order valence-corrected chi connectivity index (χ3v) is 4.32. The number of amides is 2. The summed E-state index contributed by atoms with van der Waals surface area (Å²) in [6.45, 7) is 2.07. The normalized spacial score (nSPS) is 11.4. The van der Waals surface area contributed by atoms with Crippen molar-refractivity contribution in [2.45, 2.75) is 13.0 Å². The molecule has 3 N–H and O–H groups in total. The summed E-state index contributed by atoms with van der Waals surface area (Å²) in [6.07, 6.45) is -0.873. The predicted molar refractivity (Wildman–Crippen MR) is 113 cm³/mol. The van der Waals surface area contributed by atoms with E-state index in [0.29, 0.717) is 22.7 Å². The van der Waals surface area contributed by atoms with E-state index in [1.165, 1.54) is 12.7 Å². The first-order chi connectivity index (χ1) is 14.0. The minimum atomic E-state index is -0.873. The monoisotopic (exact) mass is 392 g/mol. The van der Waals surface area contributed by atoms with E-state index in [-0.39, 0.29) is 6.54 Å². The molecule has 3 aromatic rings. The van der Waals surface area contributed by atoms with Gasteiger partial charge in [-0.15, -0.1) is 0 Å². The topological polar surface area (TPSA) is 79.8 Å². The third-order valence-electron chi connectivity index (χ3n) is 4.32. The molecule has 0 saturated carbocycles. The van der Waals surface area contributed by atoms with Gasteiger partial charge in [0.25, 0.3) is 0 Å². The van der Waals surface area contributed by atoms with Crippen LogP contribution in [0.25, 0.3) is 0 Å². The van der Waals surface area contributed by atoms with Crippen LogP contribution in [0.3, 0.4) is 0 Å². The molecule has 29 heavy (non-hydrogen) atoms. The van der Waals surface area contributed by atoms with Gasteiger partial charge in [0.15, 0.2) is 0 Å². The highest BCUT2D eigenvalue weighted by molar-refractivity contribution is 5.89. The lowest BCUT2D eigenvalue weighted by atomic mass is 10.1. The number of benzene rings is 3. The number of methoxy groups -OCH3 is 1. The Labute approximate surface area is 170 Å². The quantitative estimate of drug-likeness (QED) is 0.547. The maximum Gasteiger partial charge on any atom is 0.319 e. The first-order valence-corrected chi connectivity index (χ1v) is 9.25. The second-order valence-electron chi connectivity index (χ2n) is 6.53. The van der Waals surface area contributed by atoms with Crippen LogP contribution in [0.5, 0.6) is 17.2 Å². The molecule has 0 aliphatic rings. The molecular weight excluding hydrogens is 368 g/mol. The molecule has 0 bridgehead atoms. The van der Waals surface area contributed by atoms with E-state index in [4.69, 9.17) is 9.47 Å². The lowest BCUT2D eigenvalue weighted by Gasteiger charge is -2.15. The summed E-state index contributed by atoms with van der Waals surface area (Å²) in [5.74, 6) is 2.00. The molecule has 0 fully saturated rings. The smallest absolute Gasteiger partial charge is 0.319 e. The zero-order chi connectivity index (χ0) is 20.6. The Hall–Kier alpha value is -3.51. The first kappa shape index (κ1) is 20.2. The molecule has 0 saturated heterocycles. The van der Waals surface area contributed by atoms with E-state index in [0.717, 1.165) is 5.75 Å². The molecule has 1 atom stereocenters. The number of aliphatic hydroxyl groups is 1. The highest BCUT2D eigenvalue weighted by Gasteiger charge is 2.14. The van der Waals surface area contributed by atoms with Crippen LogP contribution < -0.4 is 20.1 Å². The van der Waals surface area contributed by atoms with Crippen molar-refractivity contribution in [1.29, 1.82) is 0 Å².